The van der Waals surface area contributed by atoms with E-state index in [-0.39, 0.29) is 17.5 Å². The Morgan fingerprint density at radius 3 is 2.00 bits per heavy atom. The molecule has 2 rings (SSSR count). The number of hydrogen-bond acceptors (Lipinski definition) is 4. The van der Waals surface area contributed by atoms with Gasteiger partial charge >= 0.3 is 0 Å². The van der Waals surface area contributed by atoms with Crippen molar-refractivity contribution in [2.24, 2.45) is 0 Å². The number of aromatic nitrogens is 2. The summed E-state index contributed by atoms with van der Waals surface area (Å²) in [5.74, 6) is -3.43. The predicted octanol–water partition coefficient (Wildman–Crippen LogP) is 1.73. The van der Waals surface area contributed by atoms with Gasteiger partial charge in [-0.3, -0.25) is 0 Å². The molecule has 1 heterocycles. The van der Waals surface area contributed by atoms with Gasteiger partial charge in [0.1, 0.15) is 23.3 Å². The number of hydrogen-bond donors (Lipinski definition) is 2. The first-order valence-corrected chi connectivity index (χ1v) is 4.52. The number of halogens is 3. The fraction of sp³-hybridized carbons (Fsp3) is 0. The van der Waals surface area contributed by atoms with Crippen molar-refractivity contribution < 1.29 is 13.2 Å². The van der Waals surface area contributed by atoms with Gasteiger partial charge in [0.05, 0.1) is 11.3 Å². The Kier molecular flexibility index (Phi) is 2.58. The first kappa shape index (κ1) is 11.2. The fourth-order valence-corrected chi connectivity index (χ4v) is 1.40. The number of anilines is 2. The Bertz CT molecular complexity index is 543. The summed E-state index contributed by atoms with van der Waals surface area (Å²) >= 11 is 0. The minimum absolute atomic E-state index is 0.0318. The SMILES string of the molecule is Nc1cc(-c2c(F)cc(F)cc2F)nc(N)n1. The molecular weight excluding hydrogens is 233 g/mol. The van der Waals surface area contributed by atoms with Crippen molar-refractivity contribution in [2.45, 2.75) is 0 Å². The number of nitrogens with two attached hydrogens (primary N) is 2. The second kappa shape index (κ2) is 3.93. The molecule has 4 N–H and O–H groups in total. The van der Waals surface area contributed by atoms with Gasteiger partial charge in [-0.15, -0.1) is 0 Å². The normalized spacial score (nSPS) is 10.5. The smallest absolute Gasteiger partial charge is 0.222 e. The highest BCUT2D eigenvalue weighted by Gasteiger charge is 2.15. The summed E-state index contributed by atoms with van der Waals surface area (Å²) in [4.78, 5) is 7.20. The van der Waals surface area contributed by atoms with Crippen molar-refractivity contribution in [3.05, 3.63) is 35.7 Å². The van der Waals surface area contributed by atoms with Gasteiger partial charge in [0.15, 0.2) is 0 Å². The highest BCUT2D eigenvalue weighted by molar-refractivity contribution is 5.64. The van der Waals surface area contributed by atoms with Crippen molar-refractivity contribution in [1.82, 2.24) is 9.97 Å². The first-order chi connectivity index (χ1) is 7.97. The molecule has 0 saturated carbocycles. The molecule has 0 spiro atoms. The second-order valence-corrected chi connectivity index (χ2v) is 3.28. The van der Waals surface area contributed by atoms with Gasteiger partial charge in [-0.05, 0) is 0 Å². The van der Waals surface area contributed by atoms with Crippen LogP contribution in [-0.2, 0) is 0 Å². The van der Waals surface area contributed by atoms with Crippen LogP contribution >= 0.6 is 0 Å². The van der Waals surface area contributed by atoms with Crippen LogP contribution in [0.15, 0.2) is 18.2 Å². The molecule has 0 bridgehead atoms. The van der Waals surface area contributed by atoms with Gasteiger partial charge in [0, 0.05) is 18.2 Å². The maximum absolute atomic E-state index is 13.4. The molecule has 88 valence electrons. The van der Waals surface area contributed by atoms with E-state index in [9.17, 15) is 13.2 Å². The molecule has 2 aromatic rings. The molecule has 0 radical (unpaired) electrons. The zero-order chi connectivity index (χ0) is 12.6. The first-order valence-electron chi connectivity index (χ1n) is 4.52. The molecule has 1 aromatic carbocycles. The lowest BCUT2D eigenvalue weighted by molar-refractivity contribution is 0.547. The third-order valence-electron chi connectivity index (χ3n) is 2.03. The maximum Gasteiger partial charge on any atom is 0.222 e. The summed E-state index contributed by atoms with van der Waals surface area (Å²) < 4.78 is 39.6. The molecule has 7 heteroatoms. The van der Waals surface area contributed by atoms with E-state index in [0.717, 1.165) is 6.07 Å². The lowest BCUT2D eigenvalue weighted by atomic mass is 10.1. The Morgan fingerprint density at radius 1 is 0.882 bits per heavy atom. The van der Waals surface area contributed by atoms with Crippen LogP contribution in [0.2, 0.25) is 0 Å². The highest BCUT2D eigenvalue weighted by atomic mass is 19.1. The van der Waals surface area contributed by atoms with Crippen molar-refractivity contribution >= 4 is 11.8 Å². The molecule has 17 heavy (non-hydrogen) atoms. The summed E-state index contributed by atoms with van der Waals surface area (Å²) in [6, 6.07) is 2.25. The summed E-state index contributed by atoms with van der Waals surface area (Å²) in [5.41, 5.74) is 10.1. The standard InChI is InChI=1S/C10H7F3N4/c11-4-1-5(12)9(6(13)2-4)7-3-8(14)17-10(15)16-7/h1-3H,(H4,14,15,16,17). The lowest BCUT2D eigenvalue weighted by Gasteiger charge is -2.06. The van der Waals surface area contributed by atoms with E-state index in [1.165, 1.54) is 0 Å². The minimum Gasteiger partial charge on any atom is -0.384 e. The van der Waals surface area contributed by atoms with E-state index in [4.69, 9.17) is 11.5 Å². The second-order valence-electron chi connectivity index (χ2n) is 3.28. The van der Waals surface area contributed by atoms with Gasteiger partial charge in [0.25, 0.3) is 0 Å². The van der Waals surface area contributed by atoms with Crippen molar-refractivity contribution in [3.63, 3.8) is 0 Å². The predicted molar refractivity (Wildman–Crippen MR) is 56.2 cm³/mol. The Hall–Kier alpha value is -2.31. The summed E-state index contributed by atoms with van der Waals surface area (Å²) in [7, 11) is 0. The van der Waals surface area contributed by atoms with Gasteiger partial charge in [-0.1, -0.05) is 0 Å². The monoisotopic (exact) mass is 240 g/mol. The van der Waals surface area contributed by atoms with E-state index in [2.05, 4.69) is 9.97 Å². The van der Waals surface area contributed by atoms with E-state index < -0.39 is 23.0 Å². The summed E-state index contributed by atoms with van der Waals surface area (Å²) in [6.45, 7) is 0. The molecule has 0 aliphatic rings. The Labute approximate surface area is 94.1 Å². The van der Waals surface area contributed by atoms with E-state index in [1.807, 2.05) is 0 Å². The molecule has 0 fully saturated rings. The number of nitrogens with zero attached hydrogens (tertiary/aromatic N) is 2. The zero-order valence-corrected chi connectivity index (χ0v) is 8.42. The van der Waals surface area contributed by atoms with Crippen LogP contribution in [0.3, 0.4) is 0 Å². The molecule has 0 unspecified atom stereocenters. The summed E-state index contributed by atoms with van der Waals surface area (Å²) in [6.07, 6.45) is 0. The zero-order valence-electron chi connectivity index (χ0n) is 8.42. The molecule has 0 aliphatic heterocycles. The van der Waals surface area contributed by atoms with Crippen molar-refractivity contribution in [1.29, 1.82) is 0 Å². The minimum atomic E-state index is -1.08. The highest BCUT2D eigenvalue weighted by Crippen LogP contribution is 2.26. The third kappa shape index (κ3) is 2.12. The van der Waals surface area contributed by atoms with Crippen LogP contribution in [0, 0.1) is 17.5 Å². The average molecular weight is 240 g/mol. The van der Waals surface area contributed by atoms with Gasteiger partial charge in [0.2, 0.25) is 5.95 Å². The molecule has 0 saturated heterocycles. The number of benzene rings is 1. The van der Waals surface area contributed by atoms with Crippen molar-refractivity contribution in [2.75, 3.05) is 11.5 Å². The fourth-order valence-electron chi connectivity index (χ4n) is 1.40. The quantitative estimate of drug-likeness (QED) is 0.795. The largest absolute Gasteiger partial charge is 0.384 e. The maximum atomic E-state index is 13.4. The van der Waals surface area contributed by atoms with Crippen molar-refractivity contribution in [3.8, 4) is 11.3 Å². The summed E-state index contributed by atoms with van der Waals surface area (Å²) in [5, 5.41) is 0. The van der Waals surface area contributed by atoms with Crippen LogP contribution < -0.4 is 11.5 Å². The molecular formula is C10H7F3N4. The Morgan fingerprint density at radius 2 is 1.47 bits per heavy atom. The van der Waals surface area contributed by atoms with E-state index in [0.29, 0.717) is 12.1 Å². The van der Waals surface area contributed by atoms with Crippen LogP contribution in [0.25, 0.3) is 11.3 Å². The van der Waals surface area contributed by atoms with Gasteiger partial charge in [-0.25, -0.2) is 18.2 Å². The van der Waals surface area contributed by atoms with Crippen LogP contribution in [0.5, 0.6) is 0 Å². The van der Waals surface area contributed by atoms with E-state index >= 15 is 0 Å². The average Bonchev–Trinajstić information content (AvgIpc) is 2.13. The van der Waals surface area contributed by atoms with Crippen LogP contribution in [0.4, 0.5) is 24.9 Å². The molecule has 0 aliphatic carbocycles. The van der Waals surface area contributed by atoms with E-state index in [1.54, 1.807) is 0 Å². The van der Waals surface area contributed by atoms with Gasteiger partial charge < -0.3 is 11.5 Å². The molecule has 0 amide bonds. The Balaban J connectivity index is 2.68. The molecule has 1 aromatic heterocycles. The van der Waals surface area contributed by atoms with Gasteiger partial charge in [-0.2, -0.15) is 4.98 Å². The lowest BCUT2D eigenvalue weighted by Crippen LogP contribution is -2.02. The topological polar surface area (TPSA) is 77.8 Å². The van der Waals surface area contributed by atoms with Crippen LogP contribution in [0.1, 0.15) is 0 Å². The number of rotatable bonds is 1. The molecule has 4 nitrogen and oxygen atoms in total. The third-order valence-corrected chi connectivity index (χ3v) is 2.03. The molecule has 0 atom stereocenters. The number of nitrogen functional groups attached to an aromatic ring is 2. The van der Waals surface area contributed by atoms with Crippen LogP contribution in [-0.4, -0.2) is 9.97 Å².